The molecule has 0 aromatic carbocycles. The number of nitrogens with one attached hydrogen (secondary N) is 1. The Morgan fingerprint density at radius 3 is 2.58 bits per heavy atom. The molecule has 0 amide bonds. The molecule has 5 aliphatic rings. The molecule has 5 fully saturated rings. The summed E-state index contributed by atoms with van der Waals surface area (Å²) in [7, 11) is 0. The first kappa shape index (κ1) is 17.9. The van der Waals surface area contributed by atoms with Crippen molar-refractivity contribution in [3.8, 4) is 0 Å². The van der Waals surface area contributed by atoms with Gasteiger partial charge in [0.15, 0.2) is 0 Å². The number of fused-ring (bicyclic) bond motifs is 5. The van der Waals surface area contributed by atoms with Crippen LogP contribution in [-0.2, 0) is 0 Å². The van der Waals surface area contributed by atoms with Gasteiger partial charge in [-0.2, -0.15) is 0 Å². The average Bonchev–Trinajstić information content (AvgIpc) is 3.19. The van der Waals surface area contributed by atoms with E-state index in [0.717, 1.165) is 38.3 Å². The molecule has 148 valence electrons. The number of aliphatic hydroxyl groups is 2. The molecule has 5 saturated carbocycles. The fraction of sp³-hybridized carbons (Fsp3) is 1.00. The van der Waals surface area contributed by atoms with Gasteiger partial charge in [-0.3, -0.25) is 0 Å². The van der Waals surface area contributed by atoms with Crippen molar-refractivity contribution in [1.82, 2.24) is 5.32 Å². The lowest BCUT2D eigenvalue weighted by Crippen LogP contribution is -2.63. The fourth-order valence-electron chi connectivity index (χ4n) is 8.57. The lowest BCUT2D eigenvalue weighted by molar-refractivity contribution is -0.204. The van der Waals surface area contributed by atoms with Gasteiger partial charge >= 0.3 is 0 Å². The van der Waals surface area contributed by atoms with E-state index in [4.69, 9.17) is 0 Å². The minimum atomic E-state index is -0.494. The van der Waals surface area contributed by atoms with Crippen LogP contribution in [0, 0.1) is 28.6 Å². The maximum absolute atomic E-state index is 11.6. The molecule has 0 aromatic rings. The SMILES string of the molecule is CC12CCCC(O)(C1)C1CC3(CCCC3CNC3CCCC3)C1C(O)C2. The number of aliphatic hydroxyl groups excluding tert-OH is 1. The molecule has 5 aliphatic carbocycles. The minimum Gasteiger partial charge on any atom is -0.393 e. The van der Waals surface area contributed by atoms with Gasteiger partial charge in [-0.1, -0.05) is 32.6 Å². The number of hydrogen-bond acceptors (Lipinski definition) is 3. The third-order valence-corrected chi connectivity index (χ3v) is 9.64. The summed E-state index contributed by atoms with van der Waals surface area (Å²) in [4.78, 5) is 0. The Labute approximate surface area is 159 Å². The normalized spacial score (nSPS) is 54.1. The quantitative estimate of drug-likeness (QED) is 0.712. The van der Waals surface area contributed by atoms with Gasteiger partial charge in [0.1, 0.15) is 0 Å². The number of hydrogen-bond donors (Lipinski definition) is 3. The van der Waals surface area contributed by atoms with Gasteiger partial charge < -0.3 is 15.5 Å². The molecule has 3 heteroatoms. The second-order valence-corrected chi connectivity index (χ2v) is 11.3. The van der Waals surface area contributed by atoms with E-state index in [2.05, 4.69) is 12.2 Å². The third-order valence-electron chi connectivity index (χ3n) is 9.64. The predicted octanol–water partition coefficient (Wildman–Crippen LogP) is 4.02. The minimum absolute atomic E-state index is 0.154. The van der Waals surface area contributed by atoms with Crippen molar-refractivity contribution in [3.05, 3.63) is 0 Å². The first-order chi connectivity index (χ1) is 12.4. The van der Waals surface area contributed by atoms with Crippen molar-refractivity contribution >= 4 is 0 Å². The Bertz CT molecular complexity index is 546. The van der Waals surface area contributed by atoms with Crippen LogP contribution < -0.4 is 5.32 Å². The van der Waals surface area contributed by atoms with Crippen LogP contribution in [0.3, 0.4) is 0 Å². The Balaban J connectivity index is 1.37. The molecular weight excluding hydrogens is 322 g/mol. The van der Waals surface area contributed by atoms with Crippen molar-refractivity contribution in [3.63, 3.8) is 0 Å². The lowest BCUT2D eigenvalue weighted by atomic mass is 9.44. The van der Waals surface area contributed by atoms with Crippen molar-refractivity contribution in [2.75, 3.05) is 6.54 Å². The summed E-state index contributed by atoms with van der Waals surface area (Å²) in [5, 5.41) is 26.8. The van der Waals surface area contributed by atoms with Crippen LogP contribution in [-0.4, -0.2) is 34.5 Å². The largest absolute Gasteiger partial charge is 0.393 e. The Morgan fingerprint density at radius 2 is 1.77 bits per heavy atom. The van der Waals surface area contributed by atoms with E-state index in [9.17, 15) is 10.2 Å². The van der Waals surface area contributed by atoms with Gasteiger partial charge in [-0.15, -0.1) is 0 Å². The maximum atomic E-state index is 11.6. The van der Waals surface area contributed by atoms with Crippen LogP contribution in [0.2, 0.25) is 0 Å². The third kappa shape index (κ3) is 2.63. The van der Waals surface area contributed by atoms with Gasteiger partial charge in [0.05, 0.1) is 11.7 Å². The molecule has 2 bridgehead atoms. The molecule has 1 spiro atoms. The Kier molecular flexibility index (Phi) is 4.27. The van der Waals surface area contributed by atoms with Crippen molar-refractivity contribution in [2.45, 2.75) is 108 Å². The molecule has 0 radical (unpaired) electrons. The van der Waals surface area contributed by atoms with Crippen molar-refractivity contribution in [1.29, 1.82) is 0 Å². The average molecular weight is 362 g/mol. The highest BCUT2D eigenvalue weighted by Crippen LogP contribution is 2.70. The summed E-state index contributed by atoms with van der Waals surface area (Å²) in [5.74, 6) is 1.42. The van der Waals surface area contributed by atoms with Crippen LogP contribution in [0.4, 0.5) is 0 Å². The number of rotatable bonds is 3. The first-order valence-corrected chi connectivity index (χ1v) is 11.6. The molecule has 0 saturated heterocycles. The molecule has 26 heavy (non-hydrogen) atoms. The zero-order valence-electron chi connectivity index (χ0n) is 16.7. The van der Waals surface area contributed by atoms with Crippen LogP contribution in [0.5, 0.6) is 0 Å². The van der Waals surface area contributed by atoms with Crippen LogP contribution >= 0.6 is 0 Å². The van der Waals surface area contributed by atoms with E-state index in [1.807, 2.05) is 0 Å². The van der Waals surface area contributed by atoms with Crippen LogP contribution in [0.15, 0.2) is 0 Å². The van der Waals surface area contributed by atoms with Gasteiger partial charge in [0, 0.05) is 6.04 Å². The molecule has 0 heterocycles. The van der Waals surface area contributed by atoms with Crippen LogP contribution in [0.1, 0.15) is 90.4 Å². The Hall–Kier alpha value is -0.120. The van der Waals surface area contributed by atoms with E-state index in [1.54, 1.807) is 0 Å². The summed E-state index contributed by atoms with van der Waals surface area (Å²) in [6.07, 6.45) is 15.6. The maximum Gasteiger partial charge on any atom is 0.0685 e. The predicted molar refractivity (Wildman–Crippen MR) is 104 cm³/mol. The molecule has 3 nitrogen and oxygen atoms in total. The van der Waals surface area contributed by atoms with Crippen LogP contribution in [0.25, 0.3) is 0 Å². The van der Waals surface area contributed by atoms with Gasteiger partial charge in [-0.05, 0) is 92.9 Å². The smallest absolute Gasteiger partial charge is 0.0685 e. The molecular formula is C23H39NO2. The van der Waals surface area contributed by atoms with E-state index in [0.29, 0.717) is 23.2 Å². The Morgan fingerprint density at radius 1 is 0.962 bits per heavy atom. The van der Waals surface area contributed by atoms with Gasteiger partial charge in [0.2, 0.25) is 0 Å². The standard InChI is InChI=1S/C23H39NO2/c1-21-9-5-11-23(26,15-21)18-12-22(20(18)19(25)13-21)10-4-6-16(22)14-24-17-7-2-3-8-17/h16-20,24-26H,2-15H2,1H3. The topological polar surface area (TPSA) is 52.5 Å². The summed E-state index contributed by atoms with van der Waals surface area (Å²) < 4.78 is 0. The van der Waals surface area contributed by atoms with Gasteiger partial charge in [-0.25, -0.2) is 0 Å². The van der Waals surface area contributed by atoms with Crippen molar-refractivity contribution in [2.24, 2.45) is 28.6 Å². The molecule has 7 atom stereocenters. The van der Waals surface area contributed by atoms with E-state index in [1.165, 1.54) is 57.8 Å². The summed E-state index contributed by atoms with van der Waals surface area (Å²) in [6.45, 7) is 3.47. The highest BCUT2D eigenvalue weighted by Gasteiger charge is 2.68. The molecule has 5 rings (SSSR count). The van der Waals surface area contributed by atoms with E-state index < -0.39 is 5.60 Å². The second-order valence-electron chi connectivity index (χ2n) is 11.3. The van der Waals surface area contributed by atoms with E-state index >= 15 is 0 Å². The molecule has 7 unspecified atom stereocenters. The van der Waals surface area contributed by atoms with Crippen molar-refractivity contribution < 1.29 is 10.2 Å². The first-order valence-electron chi connectivity index (χ1n) is 11.6. The zero-order chi connectivity index (χ0) is 18.0. The fourth-order valence-corrected chi connectivity index (χ4v) is 8.57. The zero-order valence-corrected chi connectivity index (χ0v) is 16.7. The highest BCUT2D eigenvalue weighted by atomic mass is 16.3. The molecule has 3 N–H and O–H groups in total. The molecule has 0 aliphatic heterocycles. The second kappa shape index (κ2) is 6.19. The van der Waals surface area contributed by atoms with E-state index in [-0.39, 0.29) is 11.5 Å². The highest BCUT2D eigenvalue weighted by molar-refractivity contribution is 5.18. The summed E-state index contributed by atoms with van der Waals surface area (Å²) in [5.41, 5.74) is -0.0210. The monoisotopic (exact) mass is 361 g/mol. The summed E-state index contributed by atoms with van der Waals surface area (Å²) in [6, 6.07) is 0.741. The molecule has 0 aromatic heterocycles. The lowest BCUT2D eigenvalue weighted by Gasteiger charge is -2.62. The van der Waals surface area contributed by atoms with Gasteiger partial charge in [0.25, 0.3) is 0 Å². The summed E-state index contributed by atoms with van der Waals surface area (Å²) >= 11 is 0.